The predicted molar refractivity (Wildman–Crippen MR) is 184 cm³/mol. The molecule has 5 rings (SSSR count). The number of amides is 2. The summed E-state index contributed by atoms with van der Waals surface area (Å²) in [5.74, 6) is -1.95. The molecule has 2 aromatic carbocycles. The number of benzene rings is 2. The second-order valence-corrected chi connectivity index (χ2v) is 14.7. The molecule has 2 N–H and O–H groups in total. The van der Waals surface area contributed by atoms with Gasteiger partial charge < -0.3 is 15.4 Å². The van der Waals surface area contributed by atoms with Crippen molar-refractivity contribution in [2.75, 3.05) is 31.6 Å². The number of nitriles is 1. The average Bonchev–Trinajstić information content (AvgIpc) is 3.56. The molecule has 12 nitrogen and oxygen atoms in total. The SMILES string of the molecule is CCOC(=O)[C@H](Cc1ccc(NC(=O)c2c(Cl)cncc2Cl)cc1)NC(=O)C1C[C@@H](N2CCC(F)CC2)CN1S(=O)(=O)c1cccc(C#N)c1. The first-order valence-corrected chi connectivity index (χ1v) is 18.2. The maximum absolute atomic E-state index is 14.0. The molecule has 50 heavy (non-hydrogen) atoms. The van der Waals surface area contributed by atoms with Crippen molar-refractivity contribution in [3.05, 3.63) is 87.7 Å². The van der Waals surface area contributed by atoms with Gasteiger partial charge in [0.05, 0.1) is 38.7 Å². The van der Waals surface area contributed by atoms with Crippen molar-refractivity contribution in [1.29, 1.82) is 5.26 Å². The number of alkyl halides is 1. The minimum Gasteiger partial charge on any atom is -0.464 e. The summed E-state index contributed by atoms with van der Waals surface area (Å²) in [5.41, 5.74) is 1.23. The molecule has 2 saturated heterocycles. The van der Waals surface area contributed by atoms with Crippen LogP contribution in [0.3, 0.4) is 0 Å². The van der Waals surface area contributed by atoms with Crippen molar-refractivity contribution < 1.29 is 31.9 Å². The molecule has 1 unspecified atom stereocenters. The summed E-state index contributed by atoms with van der Waals surface area (Å²) in [6.45, 7) is 2.48. The molecule has 3 aromatic rings. The third-order valence-electron chi connectivity index (χ3n) is 8.70. The van der Waals surface area contributed by atoms with Crippen molar-refractivity contribution in [3.8, 4) is 6.07 Å². The highest BCUT2D eigenvalue weighted by Crippen LogP contribution is 2.31. The third-order valence-corrected chi connectivity index (χ3v) is 11.1. The number of halogens is 3. The molecule has 0 spiro atoms. The maximum Gasteiger partial charge on any atom is 0.328 e. The normalized spacial score (nSPS) is 19.3. The van der Waals surface area contributed by atoms with E-state index in [0.29, 0.717) is 37.2 Å². The van der Waals surface area contributed by atoms with E-state index in [1.165, 1.54) is 36.7 Å². The van der Waals surface area contributed by atoms with Crippen LogP contribution in [0.4, 0.5) is 10.1 Å². The summed E-state index contributed by atoms with van der Waals surface area (Å²) >= 11 is 12.2. The molecule has 0 aliphatic carbocycles. The van der Waals surface area contributed by atoms with Gasteiger partial charge in [0.1, 0.15) is 18.3 Å². The monoisotopic (exact) mass is 744 g/mol. The average molecular weight is 746 g/mol. The van der Waals surface area contributed by atoms with Crippen molar-refractivity contribution in [1.82, 2.24) is 19.5 Å². The van der Waals surface area contributed by atoms with Gasteiger partial charge in [-0.15, -0.1) is 0 Å². The Morgan fingerprint density at radius 2 is 1.78 bits per heavy atom. The standard InChI is InChI=1S/C34H35Cl2FN6O6S/c1-2-49-34(46)29(15-21-6-8-24(9-7-21)40-33(45)31-27(35)18-39-19-28(31)36)41-32(44)30-16-25(42-12-10-23(37)11-13-42)20-43(30)50(47,48)26-5-3-4-22(14-26)17-38/h3-9,14,18-19,23,25,29-30H,2,10-13,15-16,20H2,1H3,(H,40,45)(H,41,44)/t25-,29+,30?/m1/s1. The number of hydrogen-bond acceptors (Lipinski definition) is 9. The molecule has 16 heteroatoms. The summed E-state index contributed by atoms with van der Waals surface area (Å²) in [6.07, 6.45) is 2.40. The van der Waals surface area contributed by atoms with Gasteiger partial charge in [0.25, 0.3) is 5.91 Å². The first-order valence-electron chi connectivity index (χ1n) is 16.0. The molecule has 3 atom stereocenters. The fourth-order valence-corrected chi connectivity index (χ4v) is 8.35. The molecule has 0 bridgehead atoms. The van der Waals surface area contributed by atoms with Crippen LogP contribution in [0, 0.1) is 11.3 Å². The summed E-state index contributed by atoms with van der Waals surface area (Å²) in [6, 6.07) is 11.3. The van der Waals surface area contributed by atoms with E-state index in [4.69, 9.17) is 27.9 Å². The zero-order valence-electron chi connectivity index (χ0n) is 27.0. The highest BCUT2D eigenvalue weighted by atomic mass is 35.5. The number of aromatic nitrogens is 1. The molecule has 1 aromatic heterocycles. The topological polar surface area (TPSA) is 162 Å². The van der Waals surface area contributed by atoms with Gasteiger partial charge in [-0.2, -0.15) is 9.57 Å². The number of nitrogens with zero attached hydrogens (tertiary/aromatic N) is 4. The zero-order valence-corrected chi connectivity index (χ0v) is 29.3. The summed E-state index contributed by atoms with van der Waals surface area (Å²) < 4.78 is 48.2. The summed E-state index contributed by atoms with van der Waals surface area (Å²) in [7, 11) is -4.26. The second-order valence-electron chi connectivity index (χ2n) is 12.0. The van der Waals surface area contributed by atoms with E-state index >= 15 is 0 Å². The Morgan fingerprint density at radius 1 is 1.10 bits per heavy atom. The Morgan fingerprint density at radius 3 is 2.42 bits per heavy atom. The van der Waals surface area contributed by atoms with Crippen LogP contribution in [-0.2, 0) is 30.8 Å². The lowest BCUT2D eigenvalue weighted by Crippen LogP contribution is -2.51. The number of anilines is 1. The third kappa shape index (κ3) is 8.59. The van der Waals surface area contributed by atoms with E-state index in [2.05, 4.69) is 15.6 Å². The van der Waals surface area contributed by atoms with Crippen LogP contribution < -0.4 is 10.6 Å². The first kappa shape index (κ1) is 37.1. The number of rotatable bonds is 11. The quantitative estimate of drug-likeness (QED) is 0.272. The smallest absolute Gasteiger partial charge is 0.328 e. The van der Waals surface area contributed by atoms with Crippen molar-refractivity contribution in [3.63, 3.8) is 0 Å². The minimum absolute atomic E-state index is 0.00205. The molecule has 3 heterocycles. The fourth-order valence-electron chi connectivity index (χ4n) is 6.13. The van der Waals surface area contributed by atoms with Gasteiger partial charge >= 0.3 is 5.97 Å². The Labute approximate surface area is 299 Å². The zero-order chi connectivity index (χ0) is 36.0. The molecular formula is C34H35Cl2FN6O6S. The maximum atomic E-state index is 14.0. The number of nitrogens with one attached hydrogen (secondary N) is 2. The molecule has 2 aliphatic rings. The second kappa shape index (κ2) is 16.3. The van der Waals surface area contributed by atoms with Gasteiger partial charge in [-0.25, -0.2) is 17.6 Å². The van der Waals surface area contributed by atoms with E-state index in [-0.39, 0.29) is 58.1 Å². The van der Waals surface area contributed by atoms with E-state index in [9.17, 15) is 32.5 Å². The van der Waals surface area contributed by atoms with Gasteiger partial charge in [0.2, 0.25) is 15.9 Å². The van der Waals surface area contributed by atoms with Crippen LogP contribution >= 0.6 is 23.2 Å². The van der Waals surface area contributed by atoms with Crippen LogP contribution in [0.1, 0.15) is 47.7 Å². The number of hydrogen-bond donors (Lipinski definition) is 2. The van der Waals surface area contributed by atoms with Crippen molar-refractivity contribution in [2.24, 2.45) is 0 Å². The van der Waals surface area contributed by atoms with E-state index in [1.807, 2.05) is 11.0 Å². The van der Waals surface area contributed by atoms with E-state index in [1.54, 1.807) is 31.2 Å². The number of piperidine rings is 1. The Bertz CT molecular complexity index is 1870. The molecule has 2 amide bonds. The predicted octanol–water partition coefficient (Wildman–Crippen LogP) is 4.37. The first-order chi connectivity index (χ1) is 23.9. The minimum atomic E-state index is -4.26. The lowest BCUT2D eigenvalue weighted by Gasteiger charge is -2.33. The molecular weight excluding hydrogens is 710 g/mol. The number of ether oxygens (including phenoxy) is 1. The molecule has 0 saturated carbocycles. The number of pyridine rings is 1. The highest BCUT2D eigenvalue weighted by molar-refractivity contribution is 7.89. The summed E-state index contributed by atoms with van der Waals surface area (Å²) in [4.78, 5) is 45.6. The lowest BCUT2D eigenvalue weighted by atomic mass is 10.0. The molecule has 2 aliphatic heterocycles. The van der Waals surface area contributed by atoms with Gasteiger partial charge in [-0.05, 0) is 62.1 Å². The van der Waals surface area contributed by atoms with Crippen molar-refractivity contribution in [2.45, 2.75) is 61.8 Å². The van der Waals surface area contributed by atoms with E-state index in [0.717, 1.165) is 4.31 Å². The summed E-state index contributed by atoms with van der Waals surface area (Å²) in [5, 5.41) is 15.0. The number of esters is 1. The lowest BCUT2D eigenvalue weighted by molar-refractivity contribution is -0.147. The van der Waals surface area contributed by atoms with Crippen LogP contribution in [0.25, 0.3) is 0 Å². The van der Waals surface area contributed by atoms with Crippen LogP contribution in [0.5, 0.6) is 0 Å². The van der Waals surface area contributed by atoms with Gasteiger partial charge in [0, 0.05) is 50.2 Å². The van der Waals surface area contributed by atoms with Crippen LogP contribution in [-0.4, -0.2) is 90.9 Å². The Kier molecular flexibility index (Phi) is 12.1. The number of carbonyl (C=O) groups is 3. The molecule has 264 valence electrons. The Hall–Kier alpha value is -4.13. The van der Waals surface area contributed by atoms with Gasteiger partial charge in [-0.1, -0.05) is 41.4 Å². The van der Waals surface area contributed by atoms with Gasteiger partial charge in [0.15, 0.2) is 0 Å². The van der Waals surface area contributed by atoms with Crippen LogP contribution in [0.2, 0.25) is 10.0 Å². The van der Waals surface area contributed by atoms with Crippen LogP contribution in [0.15, 0.2) is 65.8 Å². The number of carbonyl (C=O) groups excluding carboxylic acids is 3. The van der Waals surface area contributed by atoms with Crippen molar-refractivity contribution >= 4 is 56.7 Å². The molecule has 0 radical (unpaired) electrons. The number of likely N-dealkylation sites (tertiary alicyclic amines) is 1. The largest absolute Gasteiger partial charge is 0.464 e. The highest BCUT2D eigenvalue weighted by Gasteiger charge is 2.47. The molecule has 2 fully saturated rings. The number of sulfonamides is 1. The Balaban J connectivity index is 1.35. The fraction of sp³-hybridized carbons (Fsp3) is 0.382. The van der Waals surface area contributed by atoms with Gasteiger partial charge in [-0.3, -0.25) is 19.5 Å². The van der Waals surface area contributed by atoms with E-state index < -0.39 is 46.1 Å².